The first-order valence-electron chi connectivity index (χ1n) is 11.7. The number of aliphatic hydroxyl groups excluding tert-OH is 1. The fourth-order valence-electron chi connectivity index (χ4n) is 4.32. The largest absolute Gasteiger partial charge is 0.506 e. The van der Waals surface area contributed by atoms with Gasteiger partial charge < -0.3 is 19.3 Å². The van der Waals surface area contributed by atoms with Crippen LogP contribution in [0.4, 0.5) is 5.69 Å². The van der Waals surface area contributed by atoms with Crippen molar-refractivity contribution in [2.75, 3.05) is 25.7 Å². The summed E-state index contributed by atoms with van der Waals surface area (Å²) in [5.74, 6) is -0.974. The van der Waals surface area contributed by atoms with Gasteiger partial charge in [-0.1, -0.05) is 25.1 Å². The lowest BCUT2D eigenvalue weighted by molar-refractivity contribution is -0.132. The van der Waals surface area contributed by atoms with Crippen LogP contribution < -0.4 is 19.1 Å². The fraction of sp³-hybridized carbons (Fsp3) is 0.207. The normalized spacial score (nSPS) is 16.4. The van der Waals surface area contributed by atoms with Gasteiger partial charge in [0.25, 0.3) is 11.7 Å². The minimum Gasteiger partial charge on any atom is -0.506 e. The van der Waals surface area contributed by atoms with Crippen molar-refractivity contribution in [1.29, 1.82) is 5.26 Å². The molecular weight excluding hydrogens is 472 g/mol. The van der Waals surface area contributed by atoms with E-state index in [2.05, 4.69) is 0 Å². The Balaban J connectivity index is 1.98. The van der Waals surface area contributed by atoms with Gasteiger partial charge in [0, 0.05) is 5.69 Å². The highest BCUT2D eigenvalue weighted by molar-refractivity contribution is 6.51. The molecule has 0 bridgehead atoms. The number of amides is 1. The summed E-state index contributed by atoms with van der Waals surface area (Å²) in [6, 6.07) is 19.4. The van der Waals surface area contributed by atoms with Gasteiger partial charge in [-0.15, -0.1) is 0 Å². The molecule has 0 spiro atoms. The SMILES string of the molecule is CCCOc1cccc(C2/C(=C(\O)c3c(OC)cccc3OC)C(=O)C(=O)N2c2ccc(C#N)cc2)c1. The molecule has 4 rings (SSSR count). The zero-order chi connectivity index (χ0) is 26.5. The number of aliphatic hydroxyl groups is 1. The molecule has 1 atom stereocenters. The Labute approximate surface area is 214 Å². The molecule has 1 aliphatic rings. The fourth-order valence-corrected chi connectivity index (χ4v) is 4.32. The first kappa shape index (κ1) is 25.3. The van der Waals surface area contributed by atoms with Gasteiger partial charge in [0.2, 0.25) is 0 Å². The number of ether oxygens (including phenoxy) is 3. The van der Waals surface area contributed by atoms with Crippen LogP contribution in [0.2, 0.25) is 0 Å². The maximum Gasteiger partial charge on any atom is 0.300 e. The predicted octanol–water partition coefficient (Wildman–Crippen LogP) is 4.99. The zero-order valence-electron chi connectivity index (χ0n) is 20.7. The van der Waals surface area contributed by atoms with E-state index in [0.717, 1.165) is 6.42 Å². The Kier molecular flexibility index (Phi) is 7.44. The lowest BCUT2D eigenvalue weighted by atomic mass is 9.94. The molecule has 0 aromatic heterocycles. The van der Waals surface area contributed by atoms with Crippen molar-refractivity contribution in [3.05, 3.63) is 89.0 Å². The summed E-state index contributed by atoms with van der Waals surface area (Å²) < 4.78 is 16.7. The van der Waals surface area contributed by atoms with E-state index in [4.69, 9.17) is 14.2 Å². The number of carbonyl (C=O) groups is 2. The summed E-state index contributed by atoms with van der Waals surface area (Å²) >= 11 is 0. The average molecular weight is 499 g/mol. The highest BCUT2D eigenvalue weighted by Crippen LogP contribution is 2.45. The highest BCUT2D eigenvalue weighted by atomic mass is 16.5. The summed E-state index contributed by atoms with van der Waals surface area (Å²) in [7, 11) is 2.87. The van der Waals surface area contributed by atoms with E-state index in [1.807, 2.05) is 13.0 Å². The summed E-state index contributed by atoms with van der Waals surface area (Å²) in [6.07, 6.45) is 0.807. The average Bonchev–Trinajstić information content (AvgIpc) is 3.21. The first-order chi connectivity index (χ1) is 17.9. The van der Waals surface area contributed by atoms with Crippen molar-refractivity contribution >= 4 is 23.1 Å². The third-order valence-corrected chi connectivity index (χ3v) is 6.03. The number of hydrogen-bond donors (Lipinski definition) is 1. The Morgan fingerprint density at radius 1 is 1.00 bits per heavy atom. The van der Waals surface area contributed by atoms with Gasteiger partial charge >= 0.3 is 0 Å². The molecule has 1 unspecified atom stereocenters. The van der Waals surface area contributed by atoms with Crippen LogP contribution in [0, 0.1) is 11.3 Å². The maximum atomic E-state index is 13.5. The molecular formula is C29H26N2O6. The predicted molar refractivity (Wildman–Crippen MR) is 138 cm³/mol. The number of rotatable bonds is 8. The standard InChI is InChI=1S/C29H26N2O6/c1-4-15-37-21-8-5-7-19(16-21)26-25(27(32)24-22(35-2)9-6-10-23(24)36-3)28(33)29(34)31(26)20-13-11-18(17-30)12-14-20/h5-14,16,26,32H,4,15H2,1-3H3/b27-25+. The molecule has 3 aromatic rings. The Morgan fingerprint density at radius 3 is 2.24 bits per heavy atom. The lowest BCUT2D eigenvalue weighted by Crippen LogP contribution is -2.29. The molecule has 1 fully saturated rings. The zero-order valence-corrected chi connectivity index (χ0v) is 20.7. The second-order valence-electron chi connectivity index (χ2n) is 8.29. The van der Waals surface area contributed by atoms with Crippen LogP contribution >= 0.6 is 0 Å². The number of Topliss-reactive ketones (excluding diaryl/α,β-unsaturated/α-hetero) is 1. The second-order valence-corrected chi connectivity index (χ2v) is 8.29. The molecule has 1 saturated heterocycles. The number of anilines is 1. The number of benzene rings is 3. The molecule has 0 aliphatic carbocycles. The lowest BCUT2D eigenvalue weighted by Gasteiger charge is -2.26. The molecule has 1 amide bonds. The molecule has 0 saturated carbocycles. The van der Waals surface area contributed by atoms with Crippen LogP contribution in [0.25, 0.3) is 5.76 Å². The molecule has 37 heavy (non-hydrogen) atoms. The Morgan fingerprint density at radius 2 is 1.65 bits per heavy atom. The van der Waals surface area contributed by atoms with Crippen LogP contribution in [-0.4, -0.2) is 37.6 Å². The van der Waals surface area contributed by atoms with E-state index in [0.29, 0.717) is 29.2 Å². The summed E-state index contributed by atoms with van der Waals surface area (Å²) in [5, 5.41) is 20.8. The number of nitrogens with zero attached hydrogens (tertiary/aromatic N) is 2. The van der Waals surface area contributed by atoms with Crippen molar-refractivity contribution in [3.8, 4) is 23.3 Å². The van der Waals surface area contributed by atoms with Gasteiger partial charge in [-0.05, 0) is 60.5 Å². The van der Waals surface area contributed by atoms with Crippen LogP contribution in [0.3, 0.4) is 0 Å². The summed E-state index contributed by atoms with van der Waals surface area (Å²) in [6.45, 7) is 2.49. The second kappa shape index (κ2) is 10.9. The van der Waals surface area contributed by atoms with E-state index in [1.54, 1.807) is 66.7 Å². The number of carbonyl (C=O) groups excluding carboxylic acids is 2. The van der Waals surface area contributed by atoms with Gasteiger partial charge in [-0.2, -0.15) is 5.26 Å². The topological polar surface area (TPSA) is 109 Å². The highest BCUT2D eigenvalue weighted by Gasteiger charge is 2.47. The maximum absolute atomic E-state index is 13.5. The number of hydrogen-bond acceptors (Lipinski definition) is 7. The van der Waals surface area contributed by atoms with Crippen LogP contribution in [0.15, 0.2) is 72.3 Å². The smallest absolute Gasteiger partial charge is 0.300 e. The summed E-state index contributed by atoms with van der Waals surface area (Å²) in [5.41, 5.74) is 1.41. The summed E-state index contributed by atoms with van der Waals surface area (Å²) in [4.78, 5) is 28.2. The van der Waals surface area contributed by atoms with Crippen LogP contribution in [-0.2, 0) is 9.59 Å². The van der Waals surface area contributed by atoms with E-state index < -0.39 is 23.5 Å². The van der Waals surface area contributed by atoms with Gasteiger partial charge in [0.1, 0.15) is 28.6 Å². The molecule has 1 heterocycles. The van der Waals surface area contributed by atoms with E-state index in [9.17, 15) is 20.0 Å². The number of nitriles is 1. The monoisotopic (exact) mass is 498 g/mol. The van der Waals surface area contributed by atoms with E-state index in [-0.39, 0.29) is 22.6 Å². The Bertz CT molecular complexity index is 1380. The van der Waals surface area contributed by atoms with E-state index in [1.165, 1.54) is 19.1 Å². The number of methoxy groups -OCH3 is 2. The van der Waals surface area contributed by atoms with Crippen molar-refractivity contribution in [3.63, 3.8) is 0 Å². The molecule has 188 valence electrons. The minimum atomic E-state index is -0.979. The molecule has 1 aliphatic heterocycles. The number of ketones is 1. The van der Waals surface area contributed by atoms with Crippen molar-refractivity contribution in [1.82, 2.24) is 0 Å². The third kappa shape index (κ3) is 4.71. The van der Waals surface area contributed by atoms with Gasteiger partial charge in [-0.3, -0.25) is 14.5 Å². The minimum absolute atomic E-state index is 0.121. The van der Waals surface area contributed by atoms with Gasteiger partial charge in [0.05, 0.1) is 44.1 Å². The van der Waals surface area contributed by atoms with E-state index >= 15 is 0 Å². The van der Waals surface area contributed by atoms with Crippen molar-refractivity contribution in [2.24, 2.45) is 0 Å². The van der Waals surface area contributed by atoms with Crippen LogP contribution in [0.5, 0.6) is 17.2 Å². The van der Waals surface area contributed by atoms with Gasteiger partial charge in [-0.25, -0.2) is 0 Å². The Hall–Kier alpha value is -4.77. The van der Waals surface area contributed by atoms with Crippen LogP contribution in [0.1, 0.15) is 36.1 Å². The van der Waals surface area contributed by atoms with Crippen molar-refractivity contribution < 1.29 is 28.9 Å². The quantitative estimate of drug-likeness (QED) is 0.265. The van der Waals surface area contributed by atoms with Crippen molar-refractivity contribution in [2.45, 2.75) is 19.4 Å². The van der Waals surface area contributed by atoms with Gasteiger partial charge in [0.15, 0.2) is 0 Å². The molecule has 1 N–H and O–H groups in total. The molecule has 3 aromatic carbocycles. The molecule has 8 heteroatoms. The first-order valence-corrected chi connectivity index (χ1v) is 11.7. The molecule has 0 radical (unpaired) electrons. The molecule has 8 nitrogen and oxygen atoms in total. The third-order valence-electron chi connectivity index (χ3n) is 6.03.